The first kappa shape index (κ1) is 11.8. The Hall–Kier alpha value is -1.69. The number of anilines is 1. The molecule has 0 saturated heterocycles. The number of amides is 1. The van der Waals surface area contributed by atoms with Crippen LogP contribution in [0.25, 0.3) is 0 Å². The van der Waals surface area contributed by atoms with E-state index in [0.29, 0.717) is 15.9 Å². The highest BCUT2D eigenvalue weighted by Gasteiger charge is 2.11. The fourth-order valence-corrected chi connectivity index (χ4v) is 1.87. The summed E-state index contributed by atoms with van der Waals surface area (Å²) in [7, 11) is 1.75. The van der Waals surface area contributed by atoms with Crippen molar-refractivity contribution < 1.29 is 9.18 Å². The van der Waals surface area contributed by atoms with Gasteiger partial charge in [0, 0.05) is 23.8 Å². The van der Waals surface area contributed by atoms with Crippen LogP contribution in [-0.2, 0) is 7.05 Å². The number of benzene rings is 1. The first-order valence-electron chi connectivity index (χ1n) is 4.82. The van der Waals surface area contributed by atoms with Crippen LogP contribution in [0.3, 0.4) is 0 Å². The molecule has 2 aromatic rings. The van der Waals surface area contributed by atoms with E-state index >= 15 is 0 Å². The largest absolute Gasteiger partial charge is 0.305 e. The summed E-state index contributed by atoms with van der Waals surface area (Å²) in [5.74, 6) is -0.282. The smallest absolute Gasteiger partial charge is 0.258 e. The molecule has 1 aromatic carbocycles. The normalized spacial score (nSPS) is 10.3. The molecule has 1 aromatic heterocycles. The Kier molecular flexibility index (Phi) is 3.23. The average Bonchev–Trinajstić information content (AvgIpc) is 2.63. The van der Waals surface area contributed by atoms with Crippen LogP contribution in [0.1, 0.15) is 10.4 Å². The number of hydrogen-bond acceptors (Lipinski definition) is 2. The molecule has 0 aliphatic heterocycles. The van der Waals surface area contributed by atoms with E-state index in [1.165, 1.54) is 18.2 Å². The van der Waals surface area contributed by atoms with Crippen molar-refractivity contribution in [3.63, 3.8) is 0 Å². The van der Waals surface area contributed by atoms with Gasteiger partial charge in [-0.05, 0) is 34.1 Å². The van der Waals surface area contributed by atoms with Gasteiger partial charge in [-0.15, -0.1) is 0 Å². The lowest BCUT2D eigenvalue weighted by Crippen LogP contribution is -2.13. The molecule has 0 saturated carbocycles. The van der Waals surface area contributed by atoms with Gasteiger partial charge in [-0.2, -0.15) is 5.10 Å². The Bertz CT molecular complexity index is 568. The third kappa shape index (κ3) is 2.71. The van der Waals surface area contributed by atoms with Gasteiger partial charge in [0.1, 0.15) is 5.82 Å². The van der Waals surface area contributed by atoms with Gasteiger partial charge in [-0.25, -0.2) is 4.39 Å². The molecule has 0 atom stereocenters. The molecule has 0 radical (unpaired) electrons. The number of carbonyl (C=O) groups excluding carboxylic acids is 1. The quantitative estimate of drug-likeness (QED) is 0.926. The highest BCUT2D eigenvalue weighted by molar-refractivity contribution is 9.10. The Morgan fingerprint density at radius 2 is 2.24 bits per heavy atom. The van der Waals surface area contributed by atoms with Crippen LogP contribution in [0.5, 0.6) is 0 Å². The molecular formula is C11H9BrFN3O. The lowest BCUT2D eigenvalue weighted by atomic mass is 10.2. The lowest BCUT2D eigenvalue weighted by molar-refractivity contribution is 0.102. The summed E-state index contributed by atoms with van der Waals surface area (Å²) in [5, 5.41) is 6.63. The first-order valence-corrected chi connectivity index (χ1v) is 5.61. The van der Waals surface area contributed by atoms with E-state index in [1.807, 2.05) is 0 Å². The molecule has 4 nitrogen and oxygen atoms in total. The van der Waals surface area contributed by atoms with Crippen molar-refractivity contribution in [2.24, 2.45) is 7.05 Å². The van der Waals surface area contributed by atoms with Crippen LogP contribution in [0.4, 0.5) is 10.2 Å². The second-order valence-corrected chi connectivity index (χ2v) is 4.31. The molecule has 1 amide bonds. The van der Waals surface area contributed by atoms with E-state index in [9.17, 15) is 9.18 Å². The van der Waals surface area contributed by atoms with Crippen LogP contribution in [-0.4, -0.2) is 15.7 Å². The zero-order valence-corrected chi connectivity index (χ0v) is 10.5. The fraction of sp³-hybridized carbons (Fsp3) is 0.0909. The lowest BCUT2D eigenvalue weighted by Gasteiger charge is -2.04. The third-order valence-corrected chi connectivity index (χ3v) is 2.79. The van der Waals surface area contributed by atoms with Crippen LogP contribution >= 0.6 is 15.9 Å². The average molecular weight is 298 g/mol. The van der Waals surface area contributed by atoms with E-state index < -0.39 is 5.82 Å². The van der Waals surface area contributed by atoms with Crippen LogP contribution in [0, 0.1) is 5.82 Å². The van der Waals surface area contributed by atoms with E-state index in [0.717, 1.165) is 0 Å². The van der Waals surface area contributed by atoms with Gasteiger partial charge >= 0.3 is 0 Å². The predicted octanol–water partition coefficient (Wildman–Crippen LogP) is 2.57. The van der Waals surface area contributed by atoms with Crippen LogP contribution in [0.15, 0.2) is 34.9 Å². The van der Waals surface area contributed by atoms with Crippen molar-refractivity contribution in [3.8, 4) is 0 Å². The Morgan fingerprint density at radius 1 is 1.47 bits per heavy atom. The van der Waals surface area contributed by atoms with E-state index in [-0.39, 0.29) is 5.91 Å². The number of nitrogens with one attached hydrogen (secondary N) is 1. The number of aromatic nitrogens is 2. The summed E-state index contributed by atoms with van der Waals surface area (Å²) in [6, 6.07) is 5.57. The number of halogens is 2. The van der Waals surface area contributed by atoms with Gasteiger partial charge in [-0.3, -0.25) is 9.48 Å². The summed E-state index contributed by atoms with van der Waals surface area (Å²) in [4.78, 5) is 11.8. The highest BCUT2D eigenvalue weighted by Crippen LogP contribution is 2.19. The number of hydrogen-bond donors (Lipinski definition) is 1. The first-order chi connectivity index (χ1) is 8.06. The molecule has 6 heteroatoms. The molecule has 0 fully saturated rings. The second kappa shape index (κ2) is 4.67. The predicted molar refractivity (Wildman–Crippen MR) is 65.3 cm³/mol. The molecule has 0 aliphatic carbocycles. The Balaban J connectivity index is 2.20. The number of aryl methyl sites for hydroxylation is 1. The van der Waals surface area contributed by atoms with Gasteiger partial charge in [0.05, 0.1) is 5.56 Å². The zero-order chi connectivity index (χ0) is 12.4. The SMILES string of the molecule is Cn1ccc(NC(=O)c2ccc(F)cc2Br)n1. The van der Waals surface area contributed by atoms with Gasteiger partial charge in [0.2, 0.25) is 0 Å². The minimum Gasteiger partial charge on any atom is -0.305 e. The molecule has 0 bridgehead atoms. The summed E-state index contributed by atoms with van der Waals surface area (Å²) in [6.45, 7) is 0. The maximum atomic E-state index is 12.9. The molecular weight excluding hydrogens is 289 g/mol. The van der Waals surface area contributed by atoms with Crippen molar-refractivity contribution in [2.75, 3.05) is 5.32 Å². The summed E-state index contributed by atoms with van der Waals surface area (Å²) in [6.07, 6.45) is 1.72. The fourth-order valence-electron chi connectivity index (χ4n) is 1.34. The summed E-state index contributed by atoms with van der Waals surface area (Å²) < 4.78 is 14.9. The standard InChI is InChI=1S/C11H9BrFN3O/c1-16-5-4-10(15-16)14-11(17)8-3-2-7(13)6-9(8)12/h2-6H,1H3,(H,14,15,17). The molecule has 1 heterocycles. The number of nitrogens with zero attached hydrogens (tertiary/aromatic N) is 2. The zero-order valence-electron chi connectivity index (χ0n) is 8.95. The molecule has 0 spiro atoms. The third-order valence-electron chi connectivity index (χ3n) is 2.13. The minimum atomic E-state index is -0.397. The van der Waals surface area contributed by atoms with Crippen molar-refractivity contribution >= 4 is 27.7 Å². The van der Waals surface area contributed by atoms with Crippen molar-refractivity contribution in [1.29, 1.82) is 0 Å². The highest BCUT2D eigenvalue weighted by atomic mass is 79.9. The summed E-state index contributed by atoms with van der Waals surface area (Å²) in [5.41, 5.74) is 0.358. The van der Waals surface area contributed by atoms with Crippen LogP contribution < -0.4 is 5.32 Å². The van der Waals surface area contributed by atoms with Crippen molar-refractivity contribution in [2.45, 2.75) is 0 Å². The minimum absolute atomic E-state index is 0.337. The summed E-state index contributed by atoms with van der Waals surface area (Å²) >= 11 is 3.14. The van der Waals surface area contributed by atoms with Gasteiger partial charge in [-0.1, -0.05) is 0 Å². The molecule has 0 aliphatic rings. The maximum absolute atomic E-state index is 12.9. The van der Waals surface area contributed by atoms with Gasteiger partial charge < -0.3 is 5.32 Å². The van der Waals surface area contributed by atoms with Crippen molar-refractivity contribution in [1.82, 2.24) is 9.78 Å². The molecule has 17 heavy (non-hydrogen) atoms. The molecule has 0 unspecified atom stereocenters. The van der Waals surface area contributed by atoms with Gasteiger partial charge in [0.25, 0.3) is 5.91 Å². The van der Waals surface area contributed by atoms with Crippen LogP contribution in [0.2, 0.25) is 0 Å². The maximum Gasteiger partial charge on any atom is 0.258 e. The van der Waals surface area contributed by atoms with Crippen molar-refractivity contribution in [3.05, 3.63) is 46.3 Å². The monoisotopic (exact) mass is 297 g/mol. The molecule has 2 rings (SSSR count). The van der Waals surface area contributed by atoms with Gasteiger partial charge in [0.15, 0.2) is 5.82 Å². The second-order valence-electron chi connectivity index (χ2n) is 3.45. The molecule has 1 N–H and O–H groups in total. The van der Waals surface area contributed by atoms with E-state index in [2.05, 4.69) is 26.3 Å². The number of carbonyl (C=O) groups is 1. The Morgan fingerprint density at radius 3 is 2.82 bits per heavy atom. The Labute approximate surface area is 106 Å². The van der Waals surface area contributed by atoms with E-state index in [1.54, 1.807) is 24.0 Å². The topological polar surface area (TPSA) is 46.9 Å². The molecule has 88 valence electrons. The van der Waals surface area contributed by atoms with E-state index in [4.69, 9.17) is 0 Å². The number of rotatable bonds is 2.